The molecule has 0 aliphatic carbocycles. The van der Waals surface area contributed by atoms with E-state index in [2.05, 4.69) is 42.0 Å². The second-order valence-corrected chi connectivity index (χ2v) is 3.99. The number of nitrogens with two attached hydrogens (primary N) is 1. The van der Waals surface area contributed by atoms with Gasteiger partial charge in [-0.15, -0.1) is 0 Å². The summed E-state index contributed by atoms with van der Waals surface area (Å²) in [4.78, 5) is 7.96. The molecule has 0 bridgehead atoms. The van der Waals surface area contributed by atoms with Gasteiger partial charge in [0, 0.05) is 18.0 Å². The van der Waals surface area contributed by atoms with Crippen LogP contribution in [-0.4, -0.2) is 9.97 Å². The minimum atomic E-state index is -0.152. The molecule has 0 aliphatic heterocycles. The van der Waals surface area contributed by atoms with Crippen molar-refractivity contribution in [3.63, 3.8) is 0 Å². The summed E-state index contributed by atoms with van der Waals surface area (Å²) < 4.78 is 0. The van der Waals surface area contributed by atoms with Gasteiger partial charge in [-0.2, -0.15) is 0 Å². The number of hydrogen-bond donors (Lipinski definition) is 1. The normalized spacial score (nSPS) is 12.4. The molecular formula is C13H15N3. The molecule has 0 spiro atoms. The molecule has 0 radical (unpaired) electrons. The SMILES string of the molecule is Cc1ccc(C(N)c2cncnc2)cc1C. The molecule has 1 aromatic carbocycles. The zero-order valence-corrected chi connectivity index (χ0v) is 9.51. The smallest absolute Gasteiger partial charge is 0.115 e. The molecule has 2 rings (SSSR count). The second kappa shape index (κ2) is 4.41. The third-order valence-electron chi connectivity index (χ3n) is 2.83. The van der Waals surface area contributed by atoms with Crippen molar-refractivity contribution in [3.8, 4) is 0 Å². The van der Waals surface area contributed by atoms with E-state index in [1.165, 1.54) is 17.5 Å². The van der Waals surface area contributed by atoms with Gasteiger partial charge in [0.25, 0.3) is 0 Å². The molecular weight excluding hydrogens is 198 g/mol. The summed E-state index contributed by atoms with van der Waals surface area (Å²) in [6.07, 6.45) is 5.02. The predicted octanol–water partition coefficient (Wildman–Crippen LogP) is 2.14. The van der Waals surface area contributed by atoms with Crippen LogP contribution < -0.4 is 5.73 Å². The van der Waals surface area contributed by atoms with Gasteiger partial charge < -0.3 is 5.73 Å². The van der Waals surface area contributed by atoms with Crippen molar-refractivity contribution in [1.29, 1.82) is 0 Å². The van der Waals surface area contributed by atoms with Crippen molar-refractivity contribution in [1.82, 2.24) is 9.97 Å². The van der Waals surface area contributed by atoms with Gasteiger partial charge in [-0.05, 0) is 30.5 Å². The highest BCUT2D eigenvalue weighted by Gasteiger charge is 2.09. The predicted molar refractivity (Wildman–Crippen MR) is 64.0 cm³/mol. The van der Waals surface area contributed by atoms with Crippen molar-refractivity contribution < 1.29 is 0 Å². The Hall–Kier alpha value is -1.74. The Kier molecular flexibility index (Phi) is 2.97. The van der Waals surface area contributed by atoms with E-state index in [0.717, 1.165) is 11.1 Å². The third-order valence-corrected chi connectivity index (χ3v) is 2.83. The second-order valence-electron chi connectivity index (χ2n) is 3.99. The maximum atomic E-state index is 6.16. The summed E-state index contributed by atoms with van der Waals surface area (Å²) in [6, 6.07) is 6.11. The standard InChI is InChI=1S/C13H15N3/c1-9-3-4-11(5-10(9)2)13(14)12-6-15-8-16-7-12/h3-8,13H,14H2,1-2H3. The van der Waals surface area contributed by atoms with E-state index in [-0.39, 0.29) is 6.04 Å². The molecule has 1 heterocycles. The first kappa shape index (κ1) is 10.8. The number of benzene rings is 1. The molecule has 2 aromatic rings. The van der Waals surface area contributed by atoms with Crippen LogP contribution >= 0.6 is 0 Å². The Morgan fingerprint density at radius 1 is 1.00 bits per heavy atom. The molecule has 1 atom stereocenters. The summed E-state index contributed by atoms with van der Waals surface area (Å²) >= 11 is 0. The van der Waals surface area contributed by atoms with E-state index in [1.807, 2.05) is 0 Å². The van der Waals surface area contributed by atoms with Crippen LogP contribution in [0, 0.1) is 13.8 Å². The first-order valence-electron chi connectivity index (χ1n) is 5.26. The Balaban J connectivity index is 2.34. The van der Waals surface area contributed by atoms with Gasteiger partial charge in [-0.25, -0.2) is 9.97 Å². The fraction of sp³-hybridized carbons (Fsp3) is 0.231. The average Bonchev–Trinajstić information content (AvgIpc) is 2.33. The topological polar surface area (TPSA) is 51.8 Å². The summed E-state index contributed by atoms with van der Waals surface area (Å²) in [6.45, 7) is 4.18. The highest BCUT2D eigenvalue weighted by Crippen LogP contribution is 2.20. The Morgan fingerprint density at radius 2 is 1.69 bits per heavy atom. The van der Waals surface area contributed by atoms with Crippen LogP contribution in [0.15, 0.2) is 36.9 Å². The van der Waals surface area contributed by atoms with Crippen LogP contribution in [0.3, 0.4) is 0 Å². The van der Waals surface area contributed by atoms with Crippen LogP contribution in [0.1, 0.15) is 28.3 Å². The molecule has 1 aromatic heterocycles. The van der Waals surface area contributed by atoms with Crippen LogP contribution in [0.2, 0.25) is 0 Å². The molecule has 0 saturated carbocycles. The van der Waals surface area contributed by atoms with Crippen molar-refractivity contribution in [2.75, 3.05) is 0 Å². The average molecular weight is 213 g/mol. The Morgan fingerprint density at radius 3 is 2.31 bits per heavy atom. The first-order valence-corrected chi connectivity index (χ1v) is 5.26. The lowest BCUT2D eigenvalue weighted by atomic mass is 9.98. The van der Waals surface area contributed by atoms with E-state index in [4.69, 9.17) is 5.73 Å². The van der Waals surface area contributed by atoms with Gasteiger partial charge in [0.2, 0.25) is 0 Å². The highest BCUT2D eigenvalue weighted by atomic mass is 14.8. The van der Waals surface area contributed by atoms with E-state index >= 15 is 0 Å². The zero-order chi connectivity index (χ0) is 11.5. The van der Waals surface area contributed by atoms with Crippen molar-refractivity contribution in [2.24, 2.45) is 5.73 Å². The number of nitrogens with zero attached hydrogens (tertiary/aromatic N) is 2. The molecule has 2 N–H and O–H groups in total. The summed E-state index contributed by atoms with van der Waals surface area (Å²) in [5.74, 6) is 0. The summed E-state index contributed by atoms with van der Waals surface area (Å²) in [5.41, 5.74) is 10.7. The van der Waals surface area contributed by atoms with Crippen molar-refractivity contribution >= 4 is 0 Å². The number of rotatable bonds is 2. The fourth-order valence-corrected chi connectivity index (χ4v) is 1.62. The van der Waals surface area contributed by atoms with Gasteiger partial charge in [-0.1, -0.05) is 18.2 Å². The van der Waals surface area contributed by atoms with Crippen LogP contribution in [0.25, 0.3) is 0 Å². The van der Waals surface area contributed by atoms with Crippen molar-refractivity contribution in [2.45, 2.75) is 19.9 Å². The van der Waals surface area contributed by atoms with Gasteiger partial charge >= 0.3 is 0 Å². The third kappa shape index (κ3) is 2.09. The maximum Gasteiger partial charge on any atom is 0.115 e. The van der Waals surface area contributed by atoms with Crippen LogP contribution in [-0.2, 0) is 0 Å². The highest BCUT2D eigenvalue weighted by molar-refractivity contribution is 5.35. The number of hydrogen-bond acceptors (Lipinski definition) is 3. The first-order chi connectivity index (χ1) is 7.68. The van der Waals surface area contributed by atoms with E-state index in [0.29, 0.717) is 0 Å². The lowest BCUT2D eigenvalue weighted by Crippen LogP contribution is -2.12. The minimum Gasteiger partial charge on any atom is -0.320 e. The van der Waals surface area contributed by atoms with Gasteiger partial charge in [0.15, 0.2) is 0 Å². The maximum absolute atomic E-state index is 6.16. The monoisotopic (exact) mass is 213 g/mol. The molecule has 16 heavy (non-hydrogen) atoms. The molecule has 0 amide bonds. The Bertz CT molecular complexity index is 480. The zero-order valence-electron chi connectivity index (χ0n) is 9.51. The molecule has 0 aliphatic rings. The molecule has 3 nitrogen and oxygen atoms in total. The quantitative estimate of drug-likeness (QED) is 0.831. The minimum absolute atomic E-state index is 0.152. The van der Waals surface area contributed by atoms with E-state index < -0.39 is 0 Å². The molecule has 0 fully saturated rings. The van der Waals surface area contributed by atoms with Gasteiger partial charge in [0.1, 0.15) is 6.33 Å². The Labute approximate surface area is 95.4 Å². The van der Waals surface area contributed by atoms with E-state index in [9.17, 15) is 0 Å². The number of aryl methyl sites for hydroxylation is 2. The van der Waals surface area contributed by atoms with Gasteiger partial charge in [0.05, 0.1) is 6.04 Å². The summed E-state index contributed by atoms with van der Waals surface area (Å²) in [7, 11) is 0. The largest absolute Gasteiger partial charge is 0.320 e. The lowest BCUT2D eigenvalue weighted by molar-refractivity contribution is 0.848. The molecule has 1 unspecified atom stereocenters. The molecule has 0 saturated heterocycles. The molecule has 3 heteroatoms. The fourth-order valence-electron chi connectivity index (χ4n) is 1.62. The van der Waals surface area contributed by atoms with E-state index in [1.54, 1.807) is 12.4 Å². The summed E-state index contributed by atoms with van der Waals surface area (Å²) in [5, 5.41) is 0. The van der Waals surface area contributed by atoms with Crippen LogP contribution in [0.5, 0.6) is 0 Å². The van der Waals surface area contributed by atoms with Crippen molar-refractivity contribution in [3.05, 3.63) is 59.2 Å². The van der Waals surface area contributed by atoms with Crippen LogP contribution in [0.4, 0.5) is 0 Å². The number of aromatic nitrogens is 2. The molecule has 82 valence electrons. The lowest BCUT2D eigenvalue weighted by Gasteiger charge is -2.13. The van der Waals surface area contributed by atoms with Gasteiger partial charge in [-0.3, -0.25) is 0 Å².